The summed E-state index contributed by atoms with van der Waals surface area (Å²) in [5.41, 5.74) is 0.438. The molecule has 1 amide bonds. The fourth-order valence-electron chi connectivity index (χ4n) is 2.17. The third kappa shape index (κ3) is 5.86. The number of nitrogens with one attached hydrogen (secondary N) is 1. The molecule has 0 unspecified atom stereocenters. The number of halogens is 2. The van der Waals surface area contributed by atoms with Gasteiger partial charge in [-0.2, -0.15) is 0 Å². The third-order valence-electron chi connectivity index (χ3n) is 3.32. The Morgan fingerprint density at radius 2 is 1.74 bits per heavy atom. The minimum Gasteiger partial charge on any atom is -0.490 e. The summed E-state index contributed by atoms with van der Waals surface area (Å²) in [6.45, 7) is 3.98. The summed E-state index contributed by atoms with van der Waals surface area (Å²) in [7, 11) is 0. The first-order chi connectivity index (χ1) is 12.9. The van der Waals surface area contributed by atoms with E-state index < -0.39 is 24.3 Å². The molecule has 0 radical (unpaired) electrons. The Bertz CT molecular complexity index is 828. The number of carbonyl (C=O) groups excluding carboxylic acids is 2. The van der Waals surface area contributed by atoms with E-state index in [0.29, 0.717) is 24.7 Å². The first kappa shape index (κ1) is 20.5. The fourth-order valence-corrected chi connectivity index (χ4v) is 2.38. The van der Waals surface area contributed by atoms with Gasteiger partial charge in [0.15, 0.2) is 18.1 Å². The first-order valence-corrected chi connectivity index (χ1v) is 8.64. The van der Waals surface area contributed by atoms with Crippen molar-refractivity contribution in [3.05, 3.63) is 52.8 Å². The molecule has 0 aliphatic rings. The van der Waals surface area contributed by atoms with Gasteiger partial charge in [0.05, 0.1) is 29.5 Å². The van der Waals surface area contributed by atoms with Crippen LogP contribution >= 0.6 is 11.6 Å². The molecule has 0 spiro atoms. The van der Waals surface area contributed by atoms with Crippen LogP contribution < -0.4 is 14.8 Å². The fraction of sp³-hybridized carbons (Fsp3) is 0.263. The largest absolute Gasteiger partial charge is 0.490 e. The molecule has 8 heteroatoms. The number of rotatable bonds is 8. The van der Waals surface area contributed by atoms with Crippen LogP contribution in [0, 0.1) is 5.82 Å². The Kier molecular flexibility index (Phi) is 7.43. The zero-order valence-corrected chi connectivity index (χ0v) is 15.6. The Labute approximate surface area is 161 Å². The smallest absolute Gasteiger partial charge is 0.338 e. The quantitative estimate of drug-likeness (QED) is 0.682. The zero-order valence-electron chi connectivity index (χ0n) is 14.9. The average molecular weight is 396 g/mol. The van der Waals surface area contributed by atoms with Gasteiger partial charge < -0.3 is 19.5 Å². The van der Waals surface area contributed by atoms with Gasteiger partial charge in [-0.25, -0.2) is 9.18 Å². The maximum Gasteiger partial charge on any atom is 0.338 e. The van der Waals surface area contributed by atoms with Crippen molar-refractivity contribution in [3.8, 4) is 11.5 Å². The number of anilines is 1. The van der Waals surface area contributed by atoms with Gasteiger partial charge in [0.1, 0.15) is 5.82 Å². The minimum atomic E-state index is -0.695. The van der Waals surface area contributed by atoms with E-state index in [1.54, 1.807) is 6.07 Å². The molecule has 0 bridgehead atoms. The van der Waals surface area contributed by atoms with Gasteiger partial charge in [-0.05, 0) is 50.2 Å². The van der Waals surface area contributed by atoms with Crippen LogP contribution in [0.5, 0.6) is 11.5 Å². The highest BCUT2D eigenvalue weighted by Crippen LogP contribution is 2.29. The van der Waals surface area contributed by atoms with E-state index in [1.165, 1.54) is 18.2 Å². The Balaban J connectivity index is 1.98. The number of carbonyl (C=O) groups is 2. The number of benzene rings is 2. The van der Waals surface area contributed by atoms with Gasteiger partial charge in [-0.1, -0.05) is 11.6 Å². The maximum absolute atomic E-state index is 13.0. The van der Waals surface area contributed by atoms with Crippen LogP contribution in [0.4, 0.5) is 10.1 Å². The molecule has 144 valence electrons. The van der Waals surface area contributed by atoms with Crippen LogP contribution in [0.25, 0.3) is 0 Å². The molecule has 0 saturated carbocycles. The van der Waals surface area contributed by atoms with Crippen LogP contribution in [-0.2, 0) is 9.53 Å². The average Bonchev–Trinajstić information content (AvgIpc) is 2.64. The highest BCUT2D eigenvalue weighted by molar-refractivity contribution is 6.33. The monoisotopic (exact) mass is 395 g/mol. The van der Waals surface area contributed by atoms with Crippen molar-refractivity contribution >= 4 is 29.2 Å². The Morgan fingerprint density at radius 1 is 1.04 bits per heavy atom. The molecule has 0 aromatic heterocycles. The Morgan fingerprint density at radius 3 is 2.41 bits per heavy atom. The highest BCUT2D eigenvalue weighted by atomic mass is 35.5. The lowest BCUT2D eigenvalue weighted by Gasteiger charge is -2.12. The van der Waals surface area contributed by atoms with E-state index in [-0.39, 0.29) is 16.3 Å². The lowest BCUT2D eigenvalue weighted by molar-refractivity contribution is -0.119. The molecule has 0 aliphatic carbocycles. The van der Waals surface area contributed by atoms with Crippen LogP contribution in [0.3, 0.4) is 0 Å². The van der Waals surface area contributed by atoms with E-state index in [2.05, 4.69) is 5.32 Å². The van der Waals surface area contributed by atoms with Crippen molar-refractivity contribution in [1.82, 2.24) is 0 Å². The Hall–Kier alpha value is -2.80. The van der Waals surface area contributed by atoms with Crippen LogP contribution in [0.1, 0.15) is 24.2 Å². The summed E-state index contributed by atoms with van der Waals surface area (Å²) in [6.07, 6.45) is 0. The summed E-state index contributed by atoms with van der Waals surface area (Å²) < 4.78 is 28.9. The molecule has 1 N–H and O–H groups in total. The van der Waals surface area contributed by atoms with Crippen molar-refractivity contribution in [2.24, 2.45) is 0 Å². The van der Waals surface area contributed by atoms with Gasteiger partial charge in [0.25, 0.3) is 5.91 Å². The van der Waals surface area contributed by atoms with Crippen molar-refractivity contribution < 1.29 is 28.2 Å². The van der Waals surface area contributed by atoms with Gasteiger partial charge >= 0.3 is 5.97 Å². The lowest BCUT2D eigenvalue weighted by atomic mass is 10.2. The summed E-state index contributed by atoms with van der Waals surface area (Å²) in [6, 6.07) is 8.15. The second-order valence-electron chi connectivity index (χ2n) is 5.28. The zero-order chi connectivity index (χ0) is 19.8. The maximum atomic E-state index is 13.0. The van der Waals surface area contributed by atoms with Crippen LogP contribution in [-0.4, -0.2) is 31.7 Å². The van der Waals surface area contributed by atoms with Crippen molar-refractivity contribution in [2.75, 3.05) is 25.1 Å². The number of ether oxygens (including phenoxy) is 3. The molecule has 2 aromatic carbocycles. The molecule has 2 rings (SSSR count). The third-order valence-corrected chi connectivity index (χ3v) is 3.63. The standard InChI is InChI=1S/C19H19ClFNO5/c1-3-25-16-8-5-12(9-17(16)26-4-2)19(24)27-11-18(23)22-15-7-6-13(21)10-14(15)20/h5-10H,3-4,11H2,1-2H3,(H,22,23). The van der Waals surface area contributed by atoms with E-state index in [1.807, 2.05) is 13.8 Å². The SMILES string of the molecule is CCOc1ccc(C(=O)OCC(=O)Nc2ccc(F)cc2Cl)cc1OCC. The van der Waals surface area contributed by atoms with Crippen molar-refractivity contribution in [1.29, 1.82) is 0 Å². The lowest BCUT2D eigenvalue weighted by Crippen LogP contribution is -2.21. The predicted molar refractivity (Wildman–Crippen MR) is 99.1 cm³/mol. The molecule has 0 aliphatic heterocycles. The normalized spacial score (nSPS) is 10.2. The molecular weight excluding hydrogens is 377 g/mol. The van der Waals surface area contributed by atoms with Gasteiger partial charge in [0.2, 0.25) is 0 Å². The van der Waals surface area contributed by atoms with Crippen LogP contribution in [0.2, 0.25) is 5.02 Å². The van der Waals surface area contributed by atoms with Crippen molar-refractivity contribution in [3.63, 3.8) is 0 Å². The van der Waals surface area contributed by atoms with Gasteiger partial charge in [-0.3, -0.25) is 4.79 Å². The van der Waals surface area contributed by atoms with Crippen molar-refractivity contribution in [2.45, 2.75) is 13.8 Å². The summed E-state index contributed by atoms with van der Waals surface area (Å²) in [4.78, 5) is 24.1. The van der Waals surface area contributed by atoms with E-state index in [4.69, 9.17) is 25.8 Å². The first-order valence-electron chi connectivity index (χ1n) is 8.26. The van der Waals surface area contributed by atoms with E-state index >= 15 is 0 Å². The molecule has 2 aromatic rings. The van der Waals surface area contributed by atoms with Gasteiger partial charge in [-0.15, -0.1) is 0 Å². The summed E-state index contributed by atoms with van der Waals surface area (Å²) in [5, 5.41) is 2.49. The summed E-state index contributed by atoms with van der Waals surface area (Å²) in [5.74, 6) is -0.895. The highest BCUT2D eigenvalue weighted by Gasteiger charge is 2.15. The van der Waals surface area contributed by atoms with E-state index in [0.717, 1.165) is 12.1 Å². The minimum absolute atomic E-state index is 0.0440. The molecule has 27 heavy (non-hydrogen) atoms. The molecular formula is C19H19ClFNO5. The second kappa shape index (κ2) is 9.78. The predicted octanol–water partition coefficient (Wildman–Crippen LogP) is 4.07. The second-order valence-corrected chi connectivity index (χ2v) is 5.68. The number of hydrogen-bond acceptors (Lipinski definition) is 5. The number of hydrogen-bond donors (Lipinski definition) is 1. The molecule has 0 heterocycles. The van der Waals surface area contributed by atoms with E-state index in [9.17, 15) is 14.0 Å². The van der Waals surface area contributed by atoms with Crippen LogP contribution in [0.15, 0.2) is 36.4 Å². The number of amides is 1. The summed E-state index contributed by atoms with van der Waals surface area (Å²) >= 11 is 5.83. The molecule has 0 fully saturated rings. The number of esters is 1. The molecule has 0 saturated heterocycles. The molecule has 6 nitrogen and oxygen atoms in total. The van der Waals surface area contributed by atoms with Gasteiger partial charge in [0, 0.05) is 0 Å². The molecule has 0 atom stereocenters. The topological polar surface area (TPSA) is 73.9 Å².